The van der Waals surface area contributed by atoms with Crippen LogP contribution >= 0.6 is 0 Å². The van der Waals surface area contributed by atoms with Crippen LogP contribution < -0.4 is 5.73 Å². The lowest BCUT2D eigenvalue weighted by Gasteiger charge is -2.33. The molecule has 0 aromatic heterocycles. The second-order valence-electron chi connectivity index (χ2n) is 8.26. The molecule has 2 N–H and O–H groups in total. The van der Waals surface area contributed by atoms with Gasteiger partial charge in [-0.05, 0) is 57.4 Å². The molecular formula is C21H37N. The zero-order valence-corrected chi connectivity index (χ0v) is 16.5. The summed E-state index contributed by atoms with van der Waals surface area (Å²) in [5.41, 5.74) is 15.2. The van der Waals surface area contributed by atoms with Gasteiger partial charge in [-0.2, -0.15) is 0 Å². The Labute approximate surface area is 138 Å². The Hall–Kier alpha value is -0.980. The van der Waals surface area contributed by atoms with Crippen LogP contribution in [0.4, 0.5) is 5.69 Å². The van der Waals surface area contributed by atoms with Gasteiger partial charge in [-0.3, -0.25) is 0 Å². The smallest absolute Gasteiger partial charge is 0.0390 e. The van der Waals surface area contributed by atoms with Gasteiger partial charge in [-0.1, -0.05) is 69.2 Å². The highest BCUT2D eigenvalue weighted by molar-refractivity contribution is 5.67. The molecule has 1 nitrogen and oxygen atoms in total. The van der Waals surface area contributed by atoms with Crippen molar-refractivity contribution in [3.05, 3.63) is 27.8 Å². The summed E-state index contributed by atoms with van der Waals surface area (Å²) in [5.74, 6) is 2.49. The minimum atomic E-state index is 0.466. The maximum Gasteiger partial charge on any atom is 0.0390 e. The van der Waals surface area contributed by atoms with Crippen LogP contribution in [0.25, 0.3) is 0 Å². The van der Waals surface area contributed by atoms with E-state index >= 15 is 0 Å². The first-order valence-corrected chi connectivity index (χ1v) is 9.01. The first kappa shape index (κ1) is 19.1. The minimum Gasteiger partial charge on any atom is -0.398 e. The molecule has 1 rings (SSSR count). The van der Waals surface area contributed by atoms with Crippen LogP contribution in [0.2, 0.25) is 0 Å². The van der Waals surface area contributed by atoms with Gasteiger partial charge in [-0.15, -0.1) is 0 Å². The van der Waals surface area contributed by atoms with Gasteiger partial charge in [0.15, 0.2) is 0 Å². The Kier molecular flexibility index (Phi) is 6.12. The van der Waals surface area contributed by atoms with Gasteiger partial charge in [0.1, 0.15) is 0 Å². The standard InChI is InChI=1S/C21H37N/c1-11(2)16-17(12(3)4)19(14(7)8)21(22)20(15(9)10)18(16)13(5)6/h11-15H,22H2,1-10H3. The van der Waals surface area contributed by atoms with Gasteiger partial charge in [0.2, 0.25) is 0 Å². The quantitative estimate of drug-likeness (QED) is 0.589. The van der Waals surface area contributed by atoms with Crippen LogP contribution in [0.3, 0.4) is 0 Å². The van der Waals surface area contributed by atoms with Crippen molar-refractivity contribution in [2.45, 2.75) is 98.8 Å². The third-order valence-corrected chi connectivity index (χ3v) is 4.63. The van der Waals surface area contributed by atoms with Crippen LogP contribution in [0, 0.1) is 0 Å². The Morgan fingerprint density at radius 3 is 0.773 bits per heavy atom. The van der Waals surface area contributed by atoms with Crippen molar-refractivity contribution in [1.82, 2.24) is 0 Å². The fraction of sp³-hybridized carbons (Fsp3) is 0.714. The molecule has 0 unspecified atom stereocenters. The van der Waals surface area contributed by atoms with Crippen LogP contribution in [0.5, 0.6) is 0 Å². The van der Waals surface area contributed by atoms with Gasteiger partial charge >= 0.3 is 0 Å². The average Bonchev–Trinajstić information content (AvgIpc) is 2.34. The molecule has 0 atom stereocenters. The van der Waals surface area contributed by atoms with Gasteiger partial charge in [0, 0.05) is 5.69 Å². The normalized spacial score (nSPS) is 12.5. The lowest BCUT2D eigenvalue weighted by molar-refractivity contribution is 0.702. The van der Waals surface area contributed by atoms with Crippen molar-refractivity contribution in [3.63, 3.8) is 0 Å². The summed E-state index contributed by atoms with van der Waals surface area (Å²) in [5, 5.41) is 0. The first-order valence-electron chi connectivity index (χ1n) is 9.01. The molecular weight excluding hydrogens is 266 g/mol. The molecule has 1 heteroatoms. The van der Waals surface area contributed by atoms with E-state index < -0.39 is 0 Å². The Morgan fingerprint density at radius 1 is 0.409 bits per heavy atom. The van der Waals surface area contributed by atoms with E-state index in [9.17, 15) is 0 Å². The molecule has 0 saturated heterocycles. The van der Waals surface area contributed by atoms with Crippen molar-refractivity contribution >= 4 is 5.69 Å². The minimum absolute atomic E-state index is 0.466. The molecule has 0 aliphatic heterocycles. The first-order chi connectivity index (χ1) is 10.0. The SMILES string of the molecule is CC(C)c1c(N)c(C(C)C)c(C(C)C)c(C(C)C)c1C(C)C. The molecule has 0 heterocycles. The van der Waals surface area contributed by atoms with E-state index in [1.165, 1.54) is 22.3 Å². The molecule has 0 spiro atoms. The van der Waals surface area contributed by atoms with E-state index in [0.29, 0.717) is 29.6 Å². The van der Waals surface area contributed by atoms with Crippen molar-refractivity contribution in [2.75, 3.05) is 5.73 Å². The number of anilines is 1. The third kappa shape index (κ3) is 3.34. The molecule has 0 radical (unpaired) electrons. The van der Waals surface area contributed by atoms with Crippen molar-refractivity contribution < 1.29 is 0 Å². The third-order valence-electron chi connectivity index (χ3n) is 4.63. The number of hydrogen-bond acceptors (Lipinski definition) is 1. The summed E-state index contributed by atoms with van der Waals surface area (Å²) in [6.45, 7) is 23.0. The molecule has 22 heavy (non-hydrogen) atoms. The number of hydrogen-bond donors (Lipinski definition) is 1. The molecule has 0 aliphatic carbocycles. The second-order valence-corrected chi connectivity index (χ2v) is 8.26. The van der Waals surface area contributed by atoms with Gasteiger partial charge < -0.3 is 5.73 Å². The zero-order chi connectivity index (χ0) is 17.4. The predicted molar refractivity (Wildman–Crippen MR) is 101 cm³/mol. The van der Waals surface area contributed by atoms with Crippen molar-refractivity contribution in [1.29, 1.82) is 0 Å². The molecule has 1 aromatic rings. The molecule has 0 saturated carbocycles. The Morgan fingerprint density at radius 2 is 0.591 bits per heavy atom. The number of benzene rings is 1. The van der Waals surface area contributed by atoms with Crippen LogP contribution in [-0.4, -0.2) is 0 Å². The summed E-state index contributed by atoms with van der Waals surface area (Å²) < 4.78 is 0. The molecule has 126 valence electrons. The average molecular weight is 304 g/mol. The van der Waals surface area contributed by atoms with E-state index in [2.05, 4.69) is 69.2 Å². The second kappa shape index (κ2) is 7.06. The monoisotopic (exact) mass is 303 g/mol. The highest BCUT2D eigenvalue weighted by Gasteiger charge is 2.28. The van der Waals surface area contributed by atoms with Crippen molar-refractivity contribution in [2.24, 2.45) is 0 Å². The van der Waals surface area contributed by atoms with Gasteiger partial charge in [0.25, 0.3) is 0 Å². The largest absolute Gasteiger partial charge is 0.398 e. The molecule has 0 amide bonds. The summed E-state index contributed by atoms with van der Waals surface area (Å²) in [4.78, 5) is 0. The highest BCUT2D eigenvalue weighted by Crippen LogP contribution is 2.46. The van der Waals surface area contributed by atoms with E-state index in [-0.39, 0.29) is 0 Å². The number of nitrogens with two attached hydrogens (primary N) is 1. The summed E-state index contributed by atoms with van der Waals surface area (Å²) >= 11 is 0. The van der Waals surface area contributed by atoms with Crippen molar-refractivity contribution in [3.8, 4) is 0 Å². The van der Waals surface area contributed by atoms with E-state index in [1.807, 2.05) is 0 Å². The van der Waals surface area contributed by atoms with Gasteiger partial charge in [-0.25, -0.2) is 0 Å². The van der Waals surface area contributed by atoms with E-state index in [0.717, 1.165) is 5.69 Å². The maximum absolute atomic E-state index is 6.73. The summed E-state index contributed by atoms with van der Waals surface area (Å²) in [7, 11) is 0. The lowest BCUT2D eigenvalue weighted by atomic mass is 9.73. The molecule has 1 aromatic carbocycles. The summed E-state index contributed by atoms with van der Waals surface area (Å²) in [6, 6.07) is 0. The Balaban J connectivity index is 4.07. The summed E-state index contributed by atoms with van der Waals surface area (Å²) in [6.07, 6.45) is 0. The molecule has 0 aliphatic rings. The van der Waals surface area contributed by atoms with Crippen LogP contribution in [0.1, 0.15) is 127 Å². The maximum atomic E-state index is 6.73. The number of nitrogen functional groups attached to an aromatic ring is 1. The van der Waals surface area contributed by atoms with Crippen LogP contribution in [-0.2, 0) is 0 Å². The molecule has 0 fully saturated rings. The number of rotatable bonds is 5. The molecule has 0 bridgehead atoms. The van der Waals surface area contributed by atoms with Gasteiger partial charge in [0.05, 0.1) is 0 Å². The van der Waals surface area contributed by atoms with E-state index in [4.69, 9.17) is 5.73 Å². The van der Waals surface area contributed by atoms with Crippen LogP contribution in [0.15, 0.2) is 0 Å². The highest BCUT2D eigenvalue weighted by atomic mass is 14.6. The topological polar surface area (TPSA) is 26.0 Å². The predicted octanol–water partition coefficient (Wildman–Crippen LogP) is 6.89. The zero-order valence-electron chi connectivity index (χ0n) is 16.5. The fourth-order valence-electron chi connectivity index (χ4n) is 3.98. The lowest BCUT2D eigenvalue weighted by Crippen LogP contribution is -2.17. The fourth-order valence-corrected chi connectivity index (χ4v) is 3.98. The Bertz CT molecular complexity index is 478. The van der Waals surface area contributed by atoms with E-state index in [1.54, 1.807) is 5.56 Å².